The van der Waals surface area contributed by atoms with Crippen molar-refractivity contribution in [3.8, 4) is 23.1 Å². The van der Waals surface area contributed by atoms with Gasteiger partial charge in [0.2, 0.25) is 0 Å². The Morgan fingerprint density at radius 3 is 2.87 bits per heavy atom. The van der Waals surface area contributed by atoms with Crippen LogP contribution in [-0.2, 0) is 4.79 Å². The zero-order chi connectivity index (χ0) is 21.8. The molecule has 9 heteroatoms. The smallest absolute Gasteiger partial charge is 0.278 e. The largest absolute Gasteiger partial charge is 0.497 e. The molecule has 2 atom stereocenters. The maximum atomic E-state index is 13.0. The summed E-state index contributed by atoms with van der Waals surface area (Å²) in [5.41, 5.74) is 1.35. The number of carbonyl (C=O) groups excluding carboxylic acids is 1. The first-order valence-electron chi connectivity index (χ1n) is 10.3. The highest BCUT2D eigenvalue weighted by Gasteiger charge is 2.31. The molecule has 1 saturated heterocycles. The normalized spacial score (nSPS) is 17.3. The number of carbonyl (C=O) groups is 1. The van der Waals surface area contributed by atoms with E-state index in [-0.39, 0.29) is 11.8 Å². The number of likely N-dealkylation sites (tertiary alicyclic amines) is 1. The van der Waals surface area contributed by atoms with Gasteiger partial charge in [0, 0.05) is 31.3 Å². The van der Waals surface area contributed by atoms with Gasteiger partial charge in [-0.3, -0.25) is 9.78 Å². The Hall–Kier alpha value is -3.49. The highest BCUT2D eigenvalue weighted by molar-refractivity contribution is 5.81. The predicted molar refractivity (Wildman–Crippen MR) is 112 cm³/mol. The fourth-order valence-electron chi connectivity index (χ4n) is 3.58. The molecule has 4 rings (SSSR count). The summed E-state index contributed by atoms with van der Waals surface area (Å²) in [5, 5.41) is 4.13. The minimum Gasteiger partial charge on any atom is -0.497 e. The first kappa shape index (κ1) is 20.8. The van der Waals surface area contributed by atoms with Crippen molar-refractivity contribution in [2.45, 2.75) is 38.7 Å². The number of amides is 1. The van der Waals surface area contributed by atoms with Crippen LogP contribution in [0.1, 0.15) is 37.2 Å². The molecule has 9 nitrogen and oxygen atoms in total. The van der Waals surface area contributed by atoms with E-state index in [1.54, 1.807) is 43.5 Å². The van der Waals surface area contributed by atoms with Gasteiger partial charge in [-0.2, -0.15) is 4.98 Å². The van der Waals surface area contributed by atoms with E-state index in [0.29, 0.717) is 42.0 Å². The molecule has 3 heterocycles. The van der Waals surface area contributed by atoms with Gasteiger partial charge in [-0.05, 0) is 38.8 Å². The zero-order valence-corrected chi connectivity index (χ0v) is 17.8. The minimum atomic E-state index is -0.616. The lowest BCUT2D eigenvalue weighted by Crippen LogP contribution is -2.45. The van der Waals surface area contributed by atoms with Crippen LogP contribution < -0.4 is 9.47 Å². The second kappa shape index (κ2) is 9.11. The van der Waals surface area contributed by atoms with E-state index in [9.17, 15) is 4.79 Å². The van der Waals surface area contributed by atoms with E-state index in [1.807, 2.05) is 19.1 Å². The Labute approximate surface area is 180 Å². The predicted octanol–water partition coefficient (Wildman–Crippen LogP) is 3.02. The summed E-state index contributed by atoms with van der Waals surface area (Å²) in [5.74, 6) is 2.12. The van der Waals surface area contributed by atoms with Gasteiger partial charge in [0.15, 0.2) is 11.9 Å². The second-order valence-corrected chi connectivity index (χ2v) is 7.56. The van der Waals surface area contributed by atoms with Crippen LogP contribution in [0.15, 0.2) is 41.2 Å². The Bertz CT molecular complexity index is 1040. The van der Waals surface area contributed by atoms with Gasteiger partial charge in [0.25, 0.3) is 11.8 Å². The lowest BCUT2D eigenvalue weighted by atomic mass is 9.97. The average Bonchev–Trinajstić information content (AvgIpc) is 3.29. The molecule has 1 aliphatic rings. The molecule has 0 saturated carbocycles. The van der Waals surface area contributed by atoms with Crippen molar-refractivity contribution in [1.82, 2.24) is 25.0 Å². The lowest BCUT2D eigenvalue weighted by molar-refractivity contribution is -0.139. The van der Waals surface area contributed by atoms with Crippen molar-refractivity contribution in [2.75, 3.05) is 20.2 Å². The summed E-state index contributed by atoms with van der Waals surface area (Å²) >= 11 is 0. The van der Waals surface area contributed by atoms with Crippen LogP contribution in [0.2, 0.25) is 0 Å². The Morgan fingerprint density at radius 1 is 1.26 bits per heavy atom. The zero-order valence-electron chi connectivity index (χ0n) is 17.8. The number of methoxy groups -OCH3 is 1. The Morgan fingerprint density at radius 2 is 2.10 bits per heavy atom. The van der Waals surface area contributed by atoms with Gasteiger partial charge in [0.1, 0.15) is 17.2 Å². The summed E-state index contributed by atoms with van der Waals surface area (Å²) in [6.45, 7) is 4.81. The van der Waals surface area contributed by atoms with E-state index in [1.165, 1.54) is 0 Å². The summed E-state index contributed by atoms with van der Waals surface area (Å²) in [7, 11) is 1.59. The van der Waals surface area contributed by atoms with Gasteiger partial charge < -0.3 is 18.9 Å². The molecule has 2 aromatic heterocycles. The third-order valence-corrected chi connectivity index (χ3v) is 5.24. The summed E-state index contributed by atoms with van der Waals surface area (Å²) in [6.07, 6.45) is 4.39. The van der Waals surface area contributed by atoms with Gasteiger partial charge in [-0.25, -0.2) is 4.98 Å². The summed E-state index contributed by atoms with van der Waals surface area (Å²) in [4.78, 5) is 27.8. The molecule has 1 aliphatic heterocycles. The average molecular weight is 423 g/mol. The molecule has 1 aromatic carbocycles. The van der Waals surface area contributed by atoms with Crippen LogP contribution in [0, 0.1) is 6.92 Å². The molecule has 3 aromatic rings. The number of hydrogen-bond acceptors (Lipinski definition) is 8. The molecule has 1 amide bonds. The Balaban J connectivity index is 1.41. The van der Waals surface area contributed by atoms with Gasteiger partial charge in [-0.1, -0.05) is 11.2 Å². The van der Waals surface area contributed by atoms with Crippen molar-refractivity contribution in [3.63, 3.8) is 0 Å². The number of aryl methyl sites for hydroxylation is 1. The highest BCUT2D eigenvalue weighted by Crippen LogP contribution is 2.27. The third kappa shape index (κ3) is 4.82. The minimum absolute atomic E-state index is 0.00220. The molecular formula is C22H25N5O4. The monoisotopic (exact) mass is 423 g/mol. The van der Waals surface area contributed by atoms with Crippen molar-refractivity contribution in [2.24, 2.45) is 0 Å². The number of aromatic nitrogens is 4. The van der Waals surface area contributed by atoms with Crippen LogP contribution in [0.5, 0.6) is 11.5 Å². The number of benzene rings is 1. The maximum absolute atomic E-state index is 13.0. The number of rotatable bonds is 6. The van der Waals surface area contributed by atoms with Gasteiger partial charge in [-0.15, -0.1) is 0 Å². The highest BCUT2D eigenvalue weighted by atomic mass is 16.5. The molecule has 162 valence electrons. The van der Waals surface area contributed by atoms with E-state index in [4.69, 9.17) is 14.0 Å². The molecule has 1 fully saturated rings. The van der Waals surface area contributed by atoms with Crippen LogP contribution in [-0.4, -0.2) is 57.2 Å². The van der Waals surface area contributed by atoms with Crippen molar-refractivity contribution in [3.05, 3.63) is 48.2 Å². The van der Waals surface area contributed by atoms with Gasteiger partial charge in [0.05, 0.1) is 19.0 Å². The Kier molecular flexibility index (Phi) is 6.11. The molecule has 0 N–H and O–H groups in total. The molecular weight excluding hydrogens is 398 g/mol. The van der Waals surface area contributed by atoms with E-state index in [2.05, 4.69) is 20.1 Å². The van der Waals surface area contributed by atoms with E-state index < -0.39 is 6.10 Å². The molecule has 0 unspecified atom stereocenters. The molecule has 0 aliphatic carbocycles. The third-order valence-electron chi connectivity index (χ3n) is 5.24. The fraction of sp³-hybridized carbons (Fsp3) is 0.409. The van der Waals surface area contributed by atoms with Crippen LogP contribution >= 0.6 is 0 Å². The first-order valence-corrected chi connectivity index (χ1v) is 10.3. The topological polar surface area (TPSA) is 103 Å². The van der Waals surface area contributed by atoms with E-state index in [0.717, 1.165) is 18.5 Å². The number of nitrogens with zero attached hydrogens (tertiary/aromatic N) is 5. The standard InChI is InChI=1S/C22H25N5O4/c1-14-11-24-19(12-23-14)21-25-20(26-31-21)16-6-5-9-27(13-16)22(28)15(2)30-18-8-4-7-17(10-18)29-3/h4,7-8,10-12,15-16H,5-6,9,13H2,1-3H3/t15-,16-/m1/s1. The SMILES string of the molecule is COc1cccc(O[C@H](C)C(=O)N2CCC[C@@H](c3noc(-c4cnc(C)cn4)n3)C2)c1. The molecule has 0 radical (unpaired) electrons. The van der Waals surface area contributed by atoms with Gasteiger partial charge >= 0.3 is 0 Å². The molecule has 0 spiro atoms. The van der Waals surface area contributed by atoms with Crippen LogP contribution in [0.3, 0.4) is 0 Å². The number of hydrogen-bond donors (Lipinski definition) is 0. The van der Waals surface area contributed by atoms with Crippen LogP contribution in [0.25, 0.3) is 11.6 Å². The quantitative estimate of drug-likeness (QED) is 0.596. The second-order valence-electron chi connectivity index (χ2n) is 7.56. The van der Waals surface area contributed by atoms with Crippen molar-refractivity contribution >= 4 is 5.91 Å². The van der Waals surface area contributed by atoms with Crippen molar-refractivity contribution in [1.29, 1.82) is 0 Å². The summed E-state index contributed by atoms with van der Waals surface area (Å²) < 4.78 is 16.4. The number of piperidine rings is 1. The maximum Gasteiger partial charge on any atom is 0.278 e. The lowest BCUT2D eigenvalue weighted by Gasteiger charge is -2.33. The first-order chi connectivity index (χ1) is 15.0. The molecule has 31 heavy (non-hydrogen) atoms. The summed E-state index contributed by atoms with van der Waals surface area (Å²) in [6, 6.07) is 7.22. The van der Waals surface area contributed by atoms with Crippen LogP contribution in [0.4, 0.5) is 0 Å². The fourth-order valence-corrected chi connectivity index (χ4v) is 3.58. The van der Waals surface area contributed by atoms with Crippen molar-refractivity contribution < 1.29 is 18.8 Å². The van der Waals surface area contributed by atoms with E-state index >= 15 is 0 Å². The number of ether oxygens (including phenoxy) is 2. The molecule has 0 bridgehead atoms.